The first-order valence-corrected chi connectivity index (χ1v) is 24.8. The van der Waals surface area contributed by atoms with Gasteiger partial charge in [-0.2, -0.15) is 0 Å². The highest BCUT2D eigenvalue weighted by Gasteiger charge is 2.43. The number of esters is 4. The summed E-state index contributed by atoms with van der Waals surface area (Å²) in [6, 6.07) is 4.85. The molecule has 1 aliphatic heterocycles. The number of rotatable bonds is 14. The van der Waals surface area contributed by atoms with Gasteiger partial charge in [-0.15, -0.1) is 0 Å². The molecule has 22 heteroatoms. The molecule has 0 saturated carbocycles. The Morgan fingerprint density at radius 2 is 0.649 bits per heavy atom. The van der Waals surface area contributed by atoms with E-state index in [-0.39, 0.29) is 73.6 Å². The van der Waals surface area contributed by atoms with Gasteiger partial charge in [0.05, 0.1) is 9.85 Å². The van der Waals surface area contributed by atoms with Crippen LogP contribution >= 0.6 is 0 Å². The van der Waals surface area contributed by atoms with Crippen molar-refractivity contribution in [3.05, 3.63) is 79.9 Å². The number of likely N-dealkylation sites (N-methyl/N-ethyl adjacent to an activating group) is 4. The lowest BCUT2D eigenvalue weighted by Gasteiger charge is -2.35. The maximum Gasteiger partial charge on any atom is 0.329 e. The van der Waals surface area contributed by atoms with Gasteiger partial charge in [0.25, 0.3) is 35.0 Å². The molecule has 0 spiro atoms. The molecule has 0 radical (unpaired) electrons. The van der Waals surface area contributed by atoms with E-state index in [1.165, 1.54) is 90.6 Å². The van der Waals surface area contributed by atoms with E-state index in [9.17, 15) is 58.6 Å². The number of carbonyl (C=O) groups is 8. The van der Waals surface area contributed by atoms with Crippen LogP contribution in [0, 0.1) is 43.9 Å². The monoisotopic (exact) mass is 1040 g/mol. The van der Waals surface area contributed by atoms with Gasteiger partial charge in [0.15, 0.2) is 24.4 Å². The van der Waals surface area contributed by atoms with E-state index in [1.54, 1.807) is 55.4 Å². The Balaban J connectivity index is 2.29. The summed E-state index contributed by atoms with van der Waals surface area (Å²) in [5.74, 6) is -8.58. The molecule has 0 aromatic heterocycles. The SMILES string of the molecule is CC(C)C[C@H]1C(=O)O[C@H](Cc2ccc([N+](=O)[O-])cc2)C(=O)N(C)[C@@H](CC(C)C)C(=O)O[C@H](C)C(=O)N(C)[C@@H](CC(C)C)C(=O)O[C@H](Cc2ccc([N+](=O)[O-])cc2)C(=O)N(C)[C@@H](CC(C)C)C(=O)O[C@H](C)C(=O)N1C. The summed E-state index contributed by atoms with van der Waals surface area (Å²) in [5.41, 5.74) is 0.193. The number of nitro groups is 2. The van der Waals surface area contributed by atoms with Crippen LogP contribution in [-0.4, -0.2) is 154 Å². The number of ether oxygens (including phenoxy) is 4. The lowest BCUT2D eigenvalue weighted by Crippen LogP contribution is -2.55. The highest BCUT2D eigenvalue weighted by atomic mass is 16.6. The molecule has 74 heavy (non-hydrogen) atoms. The summed E-state index contributed by atoms with van der Waals surface area (Å²) in [6.07, 6.45) is -7.16. The van der Waals surface area contributed by atoms with E-state index in [0.717, 1.165) is 19.6 Å². The third-order valence-corrected chi connectivity index (χ3v) is 12.6. The molecule has 408 valence electrons. The van der Waals surface area contributed by atoms with E-state index in [4.69, 9.17) is 18.9 Å². The molecule has 0 bridgehead atoms. The number of non-ortho nitro benzene ring substituents is 2. The average molecular weight is 1040 g/mol. The molecule has 22 nitrogen and oxygen atoms in total. The second-order valence-corrected chi connectivity index (χ2v) is 20.6. The third kappa shape index (κ3) is 17.0. The fourth-order valence-electron chi connectivity index (χ4n) is 8.42. The highest BCUT2D eigenvalue weighted by molar-refractivity contribution is 5.94. The largest absolute Gasteiger partial charge is 0.451 e. The molecular formula is C52H74N6O16. The second kappa shape index (κ2) is 27.3. The van der Waals surface area contributed by atoms with Crippen LogP contribution in [-0.2, 0) is 70.1 Å². The van der Waals surface area contributed by atoms with Crippen LogP contribution in [0.15, 0.2) is 48.5 Å². The second-order valence-electron chi connectivity index (χ2n) is 20.6. The Bertz CT molecular complexity index is 2160. The van der Waals surface area contributed by atoms with Gasteiger partial charge < -0.3 is 38.5 Å². The van der Waals surface area contributed by atoms with Crippen molar-refractivity contribution in [1.29, 1.82) is 0 Å². The number of carbonyl (C=O) groups excluding carboxylic acids is 8. The average Bonchev–Trinajstić information content (AvgIpc) is 3.32. The number of benzene rings is 2. The fraction of sp³-hybridized carbons (Fsp3) is 0.615. The van der Waals surface area contributed by atoms with Crippen LogP contribution < -0.4 is 0 Å². The van der Waals surface area contributed by atoms with Gasteiger partial charge >= 0.3 is 23.9 Å². The number of nitrogens with zero attached hydrogens (tertiary/aromatic N) is 6. The zero-order valence-electron chi connectivity index (χ0n) is 45.0. The minimum absolute atomic E-state index is 0.00120. The Hall–Kier alpha value is -7.00. The van der Waals surface area contributed by atoms with Crippen molar-refractivity contribution >= 4 is 58.9 Å². The van der Waals surface area contributed by atoms with Crippen molar-refractivity contribution in [2.75, 3.05) is 28.2 Å². The normalized spacial score (nSPS) is 24.0. The molecule has 1 heterocycles. The van der Waals surface area contributed by atoms with Crippen LogP contribution in [0.25, 0.3) is 0 Å². The Kier molecular flexibility index (Phi) is 22.6. The minimum atomic E-state index is -1.68. The Morgan fingerprint density at radius 1 is 0.419 bits per heavy atom. The lowest BCUT2D eigenvalue weighted by molar-refractivity contribution is -0.385. The van der Waals surface area contributed by atoms with Gasteiger partial charge in [-0.05, 0) is 74.3 Å². The first kappa shape index (κ1) is 61.3. The molecule has 2 aromatic carbocycles. The summed E-state index contributed by atoms with van der Waals surface area (Å²) in [5, 5.41) is 23.0. The van der Waals surface area contributed by atoms with Crippen LogP contribution in [0.3, 0.4) is 0 Å². The van der Waals surface area contributed by atoms with Crippen LogP contribution in [0.4, 0.5) is 11.4 Å². The molecule has 8 atom stereocenters. The lowest BCUT2D eigenvalue weighted by atomic mass is 10.00. The van der Waals surface area contributed by atoms with Crippen molar-refractivity contribution in [1.82, 2.24) is 19.6 Å². The molecule has 0 N–H and O–H groups in total. The topological polar surface area (TPSA) is 273 Å². The fourth-order valence-corrected chi connectivity index (χ4v) is 8.42. The number of hydrogen-bond acceptors (Lipinski definition) is 16. The summed E-state index contributed by atoms with van der Waals surface area (Å²) in [4.78, 5) is 141. The van der Waals surface area contributed by atoms with Crippen LogP contribution in [0.1, 0.15) is 106 Å². The van der Waals surface area contributed by atoms with Gasteiger partial charge in [-0.3, -0.25) is 39.4 Å². The third-order valence-electron chi connectivity index (χ3n) is 12.6. The van der Waals surface area contributed by atoms with Gasteiger partial charge in [0.1, 0.15) is 24.2 Å². The van der Waals surface area contributed by atoms with E-state index in [1.807, 2.05) is 0 Å². The van der Waals surface area contributed by atoms with Gasteiger partial charge in [0.2, 0.25) is 0 Å². The molecule has 2 aromatic rings. The van der Waals surface area contributed by atoms with Gasteiger partial charge in [-0.25, -0.2) is 19.2 Å². The summed E-state index contributed by atoms with van der Waals surface area (Å²) < 4.78 is 23.5. The Labute approximate surface area is 432 Å². The Morgan fingerprint density at radius 3 is 0.878 bits per heavy atom. The number of hydrogen-bond donors (Lipinski definition) is 0. The molecule has 0 unspecified atom stereocenters. The first-order chi connectivity index (χ1) is 34.4. The smallest absolute Gasteiger partial charge is 0.329 e. The zero-order chi connectivity index (χ0) is 56.0. The summed E-state index contributed by atoms with van der Waals surface area (Å²) in [6.45, 7) is 16.8. The van der Waals surface area contributed by atoms with Gasteiger partial charge in [0, 0.05) is 65.3 Å². The highest BCUT2D eigenvalue weighted by Crippen LogP contribution is 2.25. The quantitative estimate of drug-likeness (QED) is 0.0980. The molecule has 0 aliphatic carbocycles. The summed E-state index contributed by atoms with van der Waals surface area (Å²) >= 11 is 0. The maximum atomic E-state index is 14.7. The molecular weight excluding hydrogens is 965 g/mol. The van der Waals surface area contributed by atoms with E-state index < -0.39 is 106 Å². The van der Waals surface area contributed by atoms with Gasteiger partial charge in [-0.1, -0.05) is 79.7 Å². The zero-order valence-corrected chi connectivity index (χ0v) is 45.0. The predicted molar refractivity (Wildman–Crippen MR) is 269 cm³/mol. The molecule has 3 rings (SSSR count). The first-order valence-electron chi connectivity index (χ1n) is 24.8. The van der Waals surface area contributed by atoms with E-state index >= 15 is 0 Å². The van der Waals surface area contributed by atoms with Crippen molar-refractivity contribution in [2.45, 2.75) is 156 Å². The van der Waals surface area contributed by atoms with Crippen LogP contribution in [0.2, 0.25) is 0 Å². The van der Waals surface area contributed by atoms with Crippen molar-refractivity contribution in [2.24, 2.45) is 23.7 Å². The van der Waals surface area contributed by atoms with Crippen molar-refractivity contribution in [3.8, 4) is 0 Å². The van der Waals surface area contributed by atoms with Crippen molar-refractivity contribution in [3.63, 3.8) is 0 Å². The standard InChI is InChI=1S/C52H74N6O16/c1-29(2)23-39-49(63)71-33(9)45(59)53(11)42(26-32(7)8)52(66)74-44(28-36-17-21-38(22-18-36)58(69)70)48(62)56(14)40(24-30(3)4)50(64)72-34(10)46(60)54(12)41(25-31(5)6)51(65)73-43(47(61)55(39)13)27-35-15-19-37(20-16-35)57(67)68/h15-22,29-34,39-44H,23-28H2,1-14H3/t33-,34-,39+,40+,41+,42+,43-,44-/m1/s1. The number of amides is 4. The maximum absolute atomic E-state index is 14.7. The minimum Gasteiger partial charge on any atom is -0.451 e. The molecule has 1 saturated heterocycles. The number of cyclic esters (lactones) is 4. The predicted octanol–water partition coefficient (Wildman–Crippen LogP) is 5.48. The van der Waals surface area contributed by atoms with Crippen molar-refractivity contribution < 1.29 is 67.2 Å². The summed E-state index contributed by atoms with van der Waals surface area (Å²) in [7, 11) is 5.17. The van der Waals surface area contributed by atoms with E-state index in [2.05, 4.69) is 0 Å². The number of nitro benzene ring substituents is 2. The molecule has 1 aliphatic rings. The molecule has 1 fully saturated rings. The van der Waals surface area contributed by atoms with Crippen LogP contribution in [0.5, 0.6) is 0 Å². The van der Waals surface area contributed by atoms with E-state index in [0.29, 0.717) is 11.1 Å². The molecule has 4 amide bonds.